The number of carbonyl (C=O) groups is 1. The van der Waals surface area contributed by atoms with E-state index in [1.165, 1.54) is 18.2 Å². The first kappa shape index (κ1) is 32.2. The van der Waals surface area contributed by atoms with Crippen LogP contribution in [0.3, 0.4) is 0 Å². The molecule has 0 amide bonds. The summed E-state index contributed by atoms with van der Waals surface area (Å²) in [5.74, 6) is -1.43. The number of nitrogens with zero attached hydrogens (tertiary/aromatic N) is 3. The first-order valence-electron chi connectivity index (χ1n) is 14.3. The van der Waals surface area contributed by atoms with Crippen LogP contribution in [-0.4, -0.2) is 67.6 Å². The number of hydrogen-bond donors (Lipinski definition) is 3. The van der Waals surface area contributed by atoms with Crippen molar-refractivity contribution >= 4 is 33.6 Å². The molecule has 2 aliphatic heterocycles. The van der Waals surface area contributed by atoms with Gasteiger partial charge in [0.15, 0.2) is 9.84 Å². The highest BCUT2D eigenvalue weighted by Gasteiger charge is 2.47. The summed E-state index contributed by atoms with van der Waals surface area (Å²) < 4.78 is 76.5. The lowest BCUT2D eigenvalue weighted by Gasteiger charge is -2.39. The van der Waals surface area contributed by atoms with Crippen molar-refractivity contribution in [2.75, 3.05) is 36.5 Å². The number of sulfone groups is 1. The molecule has 2 atom stereocenters. The molecular formula is C31H34F3N5O5S. The lowest BCUT2D eigenvalue weighted by molar-refractivity contribution is -0.199. The summed E-state index contributed by atoms with van der Waals surface area (Å²) in [6.07, 6.45) is -1.87. The molecule has 0 bridgehead atoms. The number of aliphatic carboxylic acids is 1. The van der Waals surface area contributed by atoms with Gasteiger partial charge in [0, 0.05) is 37.5 Å². The fourth-order valence-electron chi connectivity index (χ4n) is 6.12. The monoisotopic (exact) mass is 645 g/mol. The van der Waals surface area contributed by atoms with Crippen LogP contribution in [0.15, 0.2) is 59.5 Å². The molecule has 0 saturated carbocycles. The Morgan fingerprint density at radius 1 is 1.18 bits per heavy atom. The van der Waals surface area contributed by atoms with Crippen LogP contribution >= 0.6 is 0 Å². The molecule has 3 aromatic rings. The van der Waals surface area contributed by atoms with Gasteiger partial charge < -0.3 is 25.8 Å². The number of piperidine rings is 1. The summed E-state index contributed by atoms with van der Waals surface area (Å²) in [4.78, 5) is 20.9. The van der Waals surface area contributed by atoms with E-state index in [-0.39, 0.29) is 22.7 Å². The number of aromatic nitrogens is 2. The van der Waals surface area contributed by atoms with Crippen molar-refractivity contribution in [3.05, 3.63) is 65.7 Å². The number of allylic oxidation sites excluding steroid dienone is 1. The minimum Gasteiger partial charge on any atom is -0.480 e. The van der Waals surface area contributed by atoms with Gasteiger partial charge in [-0.1, -0.05) is 42.5 Å². The van der Waals surface area contributed by atoms with Gasteiger partial charge in [0.1, 0.15) is 11.9 Å². The molecule has 2 aliphatic rings. The van der Waals surface area contributed by atoms with Crippen LogP contribution in [0.2, 0.25) is 0 Å². The smallest absolute Gasteiger partial charge is 0.429 e. The summed E-state index contributed by atoms with van der Waals surface area (Å²) in [6, 6.07) is 11.5. The van der Waals surface area contributed by atoms with E-state index >= 15 is 0 Å². The van der Waals surface area contributed by atoms with E-state index in [1.807, 2.05) is 4.90 Å². The Bertz CT molecular complexity index is 1710. The number of hydrogen-bond acceptors (Lipinski definition) is 9. The molecular weight excluding hydrogens is 611 g/mol. The van der Waals surface area contributed by atoms with Crippen molar-refractivity contribution < 1.29 is 36.2 Å². The van der Waals surface area contributed by atoms with Crippen molar-refractivity contribution in [3.63, 3.8) is 0 Å². The average Bonchev–Trinajstić information content (AvgIpc) is 3.39. The number of carboxylic acid groups (broad SMARTS) is 1. The molecule has 0 aliphatic carbocycles. The molecule has 14 heteroatoms. The Kier molecular flexibility index (Phi) is 8.82. The summed E-state index contributed by atoms with van der Waals surface area (Å²) in [5, 5.41) is 12.4. The van der Waals surface area contributed by atoms with E-state index in [9.17, 15) is 31.5 Å². The van der Waals surface area contributed by atoms with Crippen molar-refractivity contribution in [2.45, 2.75) is 49.4 Å². The van der Waals surface area contributed by atoms with Gasteiger partial charge in [0.2, 0.25) is 17.9 Å². The van der Waals surface area contributed by atoms with Gasteiger partial charge in [0.25, 0.3) is 0 Å². The molecule has 5 rings (SSSR count). The standard InChI is InChI=1S/C31H34F3N5O5S/c1-3-7-19-14-21(20-8-5-4-6-9-20)26(23(15-19)45(2,42)43)27(31(32,33)34)44-25-16-24(37-29(35)38-25)39-12-10-30(11-13-39)17-22(28(40)41)36-18-30/h3-9,14-16,22,27,36H,10-13,17-18H2,1-2H3,(H,40,41)(H2,35,37,38)/b7-3+/t22-,27-/m1/s1. The van der Waals surface area contributed by atoms with E-state index in [1.54, 1.807) is 49.4 Å². The van der Waals surface area contributed by atoms with Gasteiger partial charge >= 0.3 is 12.1 Å². The molecule has 2 fully saturated rings. The van der Waals surface area contributed by atoms with Gasteiger partial charge in [0.05, 0.1) is 4.90 Å². The number of nitrogens with one attached hydrogen (secondary N) is 1. The number of carboxylic acids is 1. The normalized spacial score (nSPS) is 19.2. The SMILES string of the molecule is C/C=C/c1cc(-c2ccccc2)c([C@@H](Oc2cc(N3CCC4(CC3)CN[C@@H](C(=O)O)C4)nc(N)n2)C(F)(F)F)c(S(C)(=O)=O)c1. The Balaban J connectivity index is 1.54. The number of ether oxygens (including phenoxy) is 1. The molecule has 240 valence electrons. The predicted molar refractivity (Wildman–Crippen MR) is 163 cm³/mol. The van der Waals surface area contributed by atoms with Crippen molar-refractivity contribution in [1.82, 2.24) is 15.3 Å². The number of nitrogens with two attached hydrogens (primary N) is 1. The van der Waals surface area contributed by atoms with Crippen LogP contribution in [0.25, 0.3) is 17.2 Å². The highest BCUT2D eigenvalue weighted by atomic mass is 32.2. The minimum atomic E-state index is -5.06. The Morgan fingerprint density at radius 3 is 2.44 bits per heavy atom. The molecule has 1 aromatic heterocycles. The van der Waals surface area contributed by atoms with Crippen LogP contribution in [0.1, 0.15) is 43.4 Å². The summed E-state index contributed by atoms with van der Waals surface area (Å²) >= 11 is 0. The zero-order chi connectivity index (χ0) is 32.6. The van der Waals surface area contributed by atoms with E-state index in [4.69, 9.17) is 10.5 Å². The van der Waals surface area contributed by atoms with Crippen LogP contribution in [-0.2, 0) is 14.6 Å². The summed E-state index contributed by atoms with van der Waals surface area (Å²) in [6.45, 7) is 3.21. The predicted octanol–water partition coefficient (Wildman–Crippen LogP) is 4.88. The maximum atomic E-state index is 15.0. The second-order valence-corrected chi connectivity index (χ2v) is 13.5. The molecule has 2 saturated heterocycles. The van der Waals surface area contributed by atoms with Crippen LogP contribution < -0.4 is 20.7 Å². The molecule has 1 spiro atoms. The van der Waals surface area contributed by atoms with Crippen molar-refractivity contribution in [1.29, 1.82) is 0 Å². The second kappa shape index (κ2) is 12.3. The van der Waals surface area contributed by atoms with Crippen LogP contribution in [0.4, 0.5) is 24.9 Å². The minimum absolute atomic E-state index is 0.0439. The zero-order valence-electron chi connectivity index (χ0n) is 24.7. The number of alkyl halides is 3. The topological polar surface area (TPSA) is 148 Å². The number of anilines is 2. The van der Waals surface area contributed by atoms with Crippen molar-refractivity contribution in [2.24, 2.45) is 5.41 Å². The van der Waals surface area contributed by atoms with Gasteiger partial charge in [-0.15, -0.1) is 0 Å². The lowest BCUT2D eigenvalue weighted by Crippen LogP contribution is -2.41. The number of benzene rings is 2. The first-order chi connectivity index (χ1) is 21.2. The van der Waals surface area contributed by atoms with Gasteiger partial charge in [-0.05, 0) is 60.4 Å². The molecule has 2 aromatic carbocycles. The number of nitrogen functional groups attached to an aromatic ring is 1. The van der Waals surface area contributed by atoms with Crippen LogP contribution in [0.5, 0.6) is 5.88 Å². The van der Waals surface area contributed by atoms with Gasteiger partial charge in [-0.2, -0.15) is 23.1 Å². The maximum absolute atomic E-state index is 15.0. The summed E-state index contributed by atoms with van der Waals surface area (Å²) in [7, 11) is -4.18. The third-order valence-corrected chi connectivity index (χ3v) is 9.46. The summed E-state index contributed by atoms with van der Waals surface area (Å²) in [5.41, 5.74) is 6.00. The second-order valence-electron chi connectivity index (χ2n) is 11.5. The van der Waals surface area contributed by atoms with Crippen LogP contribution in [0, 0.1) is 5.41 Å². The molecule has 45 heavy (non-hydrogen) atoms. The van der Waals surface area contributed by atoms with Gasteiger partial charge in [-0.3, -0.25) is 4.79 Å². The Labute approximate surface area is 259 Å². The Morgan fingerprint density at radius 2 is 1.87 bits per heavy atom. The van der Waals surface area contributed by atoms with E-state index in [0.29, 0.717) is 50.0 Å². The average molecular weight is 646 g/mol. The quantitative estimate of drug-likeness (QED) is 0.310. The number of rotatable bonds is 8. The van der Waals surface area contributed by atoms with E-state index < -0.39 is 50.5 Å². The lowest BCUT2D eigenvalue weighted by atomic mass is 9.76. The van der Waals surface area contributed by atoms with Crippen molar-refractivity contribution in [3.8, 4) is 17.0 Å². The first-order valence-corrected chi connectivity index (χ1v) is 16.2. The fourth-order valence-corrected chi connectivity index (χ4v) is 7.08. The molecule has 10 nitrogen and oxygen atoms in total. The molecule has 4 N–H and O–H groups in total. The zero-order valence-corrected chi connectivity index (χ0v) is 25.5. The highest BCUT2D eigenvalue weighted by molar-refractivity contribution is 7.90. The maximum Gasteiger partial charge on any atom is 0.429 e. The molecule has 0 radical (unpaired) electrons. The fraction of sp³-hybridized carbons (Fsp3) is 0.387. The highest BCUT2D eigenvalue weighted by Crippen LogP contribution is 2.45. The van der Waals surface area contributed by atoms with E-state index in [0.717, 1.165) is 6.26 Å². The number of halogens is 3. The molecule has 0 unspecified atom stereocenters. The van der Waals surface area contributed by atoms with E-state index in [2.05, 4.69) is 15.3 Å². The third kappa shape index (κ3) is 7.06. The third-order valence-electron chi connectivity index (χ3n) is 8.32. The largest absolute Gasteiger partial charge is 0.480 e. The Hall–Kier alpha value is -4.17. The van der Waals surface area contributed by atoms with Gasteiger partial charge in [-0.25, -0.2) is 8.42 Å². The molecule has 3 heterocycles.